The zero-order valence-electron chi connectivity index (χ0n) is 14.2. The van der Waals surface area contributed by atoms with E-state index in [0.717, 1.165) is 31.8 Å². The molecule has 23 heavy (non-hydrogen) atoms. The van der Waals surface area contributed by atoms with E-state index in [-0.39, 0.29) is 0 Å². The molecule has 0 bridgehead atoms. The monoisotopic (exact) mass is 313 g/mol. The summed E-state index contributed by atoms with van der Waals surface area (Å²) in [5.74, 6) is 1.06. The molecule has 3 heterocycles. The second-order valence-corrected chi connectivity index (χ2v) is 6.46. The number of aromatic nitrogens is 1. The molecule has 2 aromatic heterocycles. The molecule has 0 amide bonds. The minimum absolute atomic E-state index is 0.359. The fourth-order valence-electron chi connectivity index (χ4n) is 3.42. The van der Waals surface area contributed by atoms with Crippen LogP contribution in [0.5, 0.6) is 0 Å². The van der Waals surface area contributed by atoms with Crippen LogP contribution in [-0.4, -0.2) is 29.0 Å². The predicted molar refractivity (Wildman–Crippen MR) is 92.1 cm³/mol. The lowest BCUT2D eigenvalue weighted by atomic mass is 10.00. The summed E-state index contributed by atoms with van der Waals surface area (Å²) >= 11 is 0. The Kier molecular flexibility index (Phi) is 5.47. The normalized spacial score (nSPS) is 18.2. The van der Waals surface area contributed by atoms with Crippen LogP contribution in [-0.2, 0) is 6.54 Å². The van der Waals surface area contributed by atoms with Crippen LogP contribution >= 0.6 is 0 Å². The summed E-state index contributed by atoms with van der Waals surface area (Å²) in [5, 5.41) is 3.83. The van der Waals surface area contributed by atoms with Crippen molar-refractivity contribution < 1.29 is 4.42 Å². The first kappa shape index (κ1) is 16.2. The van der Waals surface area contributed by atoms with Gasteiger partial charge in [0.1, 0.15) is 5.76 Å². The Morgan fingerprint density at radius 3 is 2.78 bits per heavy atom. The summed E-state index contributed by atoms with van der Waals surface area (Å²) < 4.78 is 5.45. The van der Waals surface area contributed by atoms with Crippen molar-refractivity contribution in [1.29, 1.82) is 0 Å². The molecule has 0 saturated carbocycles. The van der Waals surface area contributed by atoms with E-state index in [4.69, 9.17) is 4.42 Å². The number of pyridine rings is 1. The number of likely N-dealkylation sites (tertiary alicyclic amines) is 1. The third kappa shape index (κ3) is 4.21. The van der Waals surface area contributed by atoms with Gasteiger partial charge in [-0.2, -0.15) is 0 Å². The molecule has 3 rings (SSSR count). The van der Waals surface area contributed by atoms with Crippen molar-refractivity contribution in [2.75, 3.05) is 13.1 Å². The van der Waals surface area contributed by atoms with Crippen molar-refractivity contribution in [3.8, 4) is 0 Å². The fourth-order valence-corrected chi connectivity index (χ4v) is 3.42. The fraction of sp³-hybridized carbons (Fsp3) is 0.526. The van der Waals surface area contributed by atoms with E-state index in [0.29, 0.717) is 12.1 Å². The van der Waals surface area contributed by atoms with E-state index in [1.54, 1.807) is 6.26 Å². The van der Waals surface area contributed by atoms with Crippen LogP contribution in [0.4, 0.5) is 0 Å². The maximum absolute atomic E-state index is 5.45. The van der Waals surface area contributed by atoms with Gasteiger partial charge < -0.3 is 9.73 Å². The lowest BCUT2D eigenvalue weighted by Crippen LogP contribution is -2.43. The Morgan fingerprint density at radius 2 is 2.13 bits per heavy atom. The van der Waals surface area contributed by atoms with Crippen molar-refractivity contribution in [3.05, 3.63) is 53.7 Å². The van der Waals surface area contributed by atoms with Crippen molar-refractivity contribution in [3.63, 3.8) is 0 Å². The summed E-state index contributed by atoms with van der Waals surface area (Å²) in [4.78, 5) is 7.07. The van der Waals surface area contributed by atoms with Crippen molar-refractivity contribution in [2.45, 2.75) is 51.7 Å². The Labute approximate surface area is 138 Å². The molecule has 1 fully saturated rings. The maximum atomic E-state index is 5.45. The van der Waals surface area contributed by atoms with Crippen LogP contribution in [0.1, 0.15) is 49.2 Å². The maximum Gasteiger partial charge on any atom is 0.117 e. The second-order valence-electron chi connectivity index (χ2n) is 6.46. The summed E-state index contributed by atoms with van der Waals surface area (Å²) in [6.45, 7) is 7.55. The number of furan rings is 1. The van der Waals surface area contributed by atoms with Gasteiger partial charge in [0.15, 0.2) is 0 Å². The van der Waals surface area contributed by atoms with Crippen molar-refractivity contribution >= 4 is 0 Å². The minimum atomic E-state index is 0.359. The highest BCUT2D eigenvalue weighted by Gasteiger charge is 2.23. The molecule has 1 N–H and O–H groups in total. The molecule has 4 nitrogen and oxygen atoms in total. The summed E-state index contributed by atoms with van der Waals surface area (Å²) in [5.41, 5.74) is 2.48. The van der Waals surface area contributed by atoms with Gasteiger partial charge in [-0.3, -0.25) is 9.88 Å². The van der Waals surface area contributed by atoms with Gasteiger partial charge in [-0.1, -0.05) is 13.0 Å². The first-order valence-electron chi connectivity index (χ1n) is 8.68. The molecule has 124 valence electrons. The van der Waals surface area contributed by atoms with Gasteiger partial charge in [-0.15, -0.1) is 0 Å². The van der Waals surface area contributed by atoms with Gasteiger partial charge in [0.05, 0.1) is 18.5 Å². The average Bonchev–Trinajstić information content (AvgIpc) is 3.08. The molecule has 0 spiro atoms. The Hall–Kier alpha value is -1.65. The molecular weight excluding hydrogens is 286 g/mol. The van der Waals surface area contributed by atoms with E-state index < -0.39 is 0 Å². The number of hydrogen-bond donors (Lipinski definition) is 1. The zero-order chi connectivity index (χ0) is 16.1. The third-order valence-corrected chi connectivity index (χ3v) is 4.77. The molecular formula is C19H27N3O. The zero-order valence-corrected chi connectivity index (χ0v) is 14.2. The Morgan fingerprint density at radius 1 is 1.30 bits per heavy atom. The Bertz CT molecular complexity index is 588. The highest BCUT2D eigenvalue weighted by Crippen LogP contribution is 2.22. The first-order chi connectivity index (χ1) is 11.3. The standard InChI is InChI=1S/C19H27N3O/c1-3-18(19-15(2)6-4-10-20-19)21-16-8-11-22(12-9-16)14-17-7-5-13-23-17/h4-7,10,13,16,18,21H,3,8-9,11-12,14H2,1-2H3. The molecule has 2 aromatic rings. The predicted octanol–water partition coefficient (Wildman–Crippen LogP) is 3.69. The molecule has 0 aliphatic carbocycles. The van der Waals surface area contributed by atoms with Gasteiger partial charge in [0, 0.05) is 31.4 Å². The van der Waals surface area contributed by atoms with E-state index in [1.807, 2.05) is 18.3 Å². The number of aryl methyl sites for hydroxylation is 1. The largest absolute Gasteiger partial charge is 0.468 e. The molecule has 1 aliphatic rings. The van der Waals surface area contributed by atoms with Gasteiger partial charge >= 0.3 is 0 Å². The highest BCUT2D eigenvalue weighted by molar-refractivity contribution is 5.21. The number of hydrogen-bond acceptors (Lipinski definition) is 4. The van der Waals surface area contributed by atoms with E-state index in [2.05, 4.69) is 41.2 Å². The summed E-state index contributed by atoms with van der Waals surface area (Å²) in [7, 11) is 0. The lowest BCUT2D eigenvalue weighted by molar-refractivity contribution is 0.172. The third-order valence-electron chi connectivity index (χ3n) is 4.77. The van der Waals surface area contributed by atoms with Crippen LogP contribution in [0, 0.1) is 6.92 Å². The van der Waals surface area contributed by atoms with Gasteiger partial charge in [-0.25, -0.2) is 0 Å². The van der Waals surface area contributed by atoms with E-state index >= 15 is 0 Å². The lowest BCUT2D eigenvalue weighted by Gasteiger charge is -2.34. The van der Waals surface area contributed by atoms with Crippen LogP contribution < -0.4 is 5.32 Å². The number of rotatable bonds is 6. The smallest absolute Gasteiger partial charge is 0.117 e. The molecule has 0 radical (unpaired) electrons. The average molecular weight is 313 g/mol. The summed E-state index contributed by atoms with van der Waals surface area (Å²) in [6.07, 6.45) is 7.10. The first-order valence-corrected chi connectivity index (χ1v) is 8.68. The molecule has 1 aliphatic heterocycles. The van der Waals surface area contributed by atoms with Gasteiger partial charge in [0.2, 0.25) is 0 Å². The molecule has 1 saturated heterocycles. The SMILES string of the molecule is CCC(NC1CCN(Cc2ccco2)CC1)c1ncccc1C. The quantitative estimate of drug-likeness (QED) is 0.883. The number of nitrogens with one attached hydrogen (secondary N) is 1. The van der Waals surface area contributed by atoms with Gasteiger partial charge in [-0.05, 0) is 49.9 Å². The molecule has 1 unspecified atom stereocenters. The number of piperidine rings is 1. The second kappa shape index (κ2) is 7.75. The topological polar surface area (TPSA) is 41.3 Å². The van der Waals surface area contributed by atoms with Crippen LogP contribution in [0.3, 0.4) is 0 Å². The Balaban J connectivity index is 1.52. The van der Waals surface area contributed by atoms with E-state index in [9.17, 15) is 0 Å². The molecule has 0 aromatic carbocycles. The molecule has 1 atom stereocenters. The minimum Gasteiger partial charge on any atom is -0.468 e. The summed E-state index contributed by atoms with van der Waals surface area (Å²) in [6, 6.07) is 9.12. The van der Waals surface area contributed by atoms with Crippen molar-refractivity contribution in [2.24, 2.45) is 0 Å². The highest BCUT2D eigenvalue weighted by atomic mass is 16.3. The molecule has 4 heteroatoms. The van der Waals surface area contributed by atoms with Crippen LogP contribution in [0.15, 0.2) is 41.1 Å². The van der Waals surface area contributed by atoms with E-state index in [1.165, 1.54) is 24.1 Å². The van der Waals surface area contributed by atoms with Crippen LogP contribution in [0.2, 0.25) is 0 Å². The number of nitrogens with zero attached hydrogens (tertiary/aromatic N) is 2. The van der Waals surface area contributed by atoms with Crippen LogP contribution in [0.25, 0.3) is 0 Å². The van der Waals surface area contributed by atoms with Crippen molar-refractivity contribution in [1.82, 2.24) is 15.2 Å². The van der Waals surface area contributed by atoms with Gasteiger partial charge in [0.25, 0.3) is 0 Å².